The Morgan fingerprint density at radius 1 is 1.21 bits per heavy atom. The number of aryl methyl sites for hydroxylation is 1. The molecule has 0 aliphatic heterocycles. The van der Waals surface area contributed by atoms with Crippen molar-refractivity contribution in [1.82, 2.24) is 0 Å². The van der Waals surface area contributed by atoms with Gasteiger partial charge in [0.05, 0.1) is 0 Å². The maximum Gasteiger partial charge on any atom is 0.411 e. The van der Waals surface area contributed by atoms with Gasteiger partial charge in [0.2, 0.25) is 0 Å². The molecule has 98 valence electrons. The molecule has 1 amide bonds. The van der Waals surface area contributed by atoms with E-state index in [2.05, 4.69) is 5.32 Å². The average molecular weight is 276 g/mol. The molecule has 0 unspecified atom stereocenters. The minimum absolute atomic E-state index is 0.242. The quantitative estimate of drug-likeness (QED) is 0.902. The highest BCUT2D eigenvalue weighted by Crippen LogP contribution is 2.20. The summed E-state index contributed by atoms with van der Waals surface area (Å²) < 4.78 is 5.13. The van der Waals surface area contributed by atoms with Gasteiger partial charge in [-0.1, -0.05) is 48.0 Å². The molecule has 0 bridgehead atoms. The third-order valence-corrected chi connectivity index (χ3v) is 2.88. The van der Waals surface area contributed by atoms with Crippen LogP contribution in [-0.2, 0) is 11.3 Å². The van der Waals surface area contributed by atoms with E-state index in [4.69, 9.17) is 16.3 Å². The van der Waals surface area contributed by atoms with Crippen molar-refractivity contribution in [2.24, 2.45) is 0 Å². The first-order valence-corrected chi connectivity index (χ1v) is 6.27. The fraction of sp³-hybridized carbons (Fsp3) is 0.133. The zero-order valence-electron chi connectivity index (χ0n) is 10.5. The Labute approximate surface area is 117 Å². The minimum atomic E-state index is -0.491. The predicted octanol–water partition coefficient (Wildman–Crippen LogP) is 4.40. The molecule has 3 nitrogen and oxygen atoms in total. The Balaban J connectivity index is 1.93. The van der Waals surface area contributed by atoms with Crippen molar-refractivity contribution in [3.05, 3.63) is 64.7 Å². The van der Waals surface area contributed by atoms with Crippen molar-refractivity contribution in [1.29, 1.82) is 0 Å². The van der Waals surface area contributed by atoms with Gasteiger partial charge in [0.15, 0.2) is 0 Å². The van der Waals surface area contributed by atoms with E-state index >= 15 is 0 Å². The number of anilines is 1. The van der Waals surface area contributed by atoms with Gasteiger partial charge in [-0.05, 0) is 30.2 Å². The number of rotatable bonds is 3. The Bertz CT molecular complexity index is 570. The fourth-order valence-corrected chi connectivity index (χ4v) is 1.77. The lowest BCUT2D eigenvalue weighted by Crippen LogP contribution is -2.14. The molecule has 0 aliphatic carbocycles. The van der Waals surface area contributed by atoms with E-state index in [1.54, 1.807) is 12.1 Å². The van der Waals surface area contributed by atoms with E-state index in [9.17, 15) is 4.79 Å². The second-order valence-electron chi connectivity index (χ2n) is 4.15. The summed E-state index contributed by atoms with van der Waals surface area (Å²) in [5.41, 5.74) is 2.53. The number of hydrogen-bond donors (Lipinski definition) is 1. The highest BCUT2D eigenvalue weighted by molar-refractivity contribution is 6.30. The van der Waals surface area contributed by atoms with Crippen LogP contribution in [0, 0.1) is 6.92 Å². The normalized spacial score (nSPS) is 10.0. The van der Waals surface area contributed by atoms with Crippen molar-refractivity contribution in [2.45, 2.75) is 13.5 Å². The van der Waals surface area contributed by atoms with Gasteiger partial charge in [-0.3, -0.25) is 5.32 Å². The molecule has 0 spiro atoms. The Morgan fingerprint density at radius 2 is 1.95 bits per heavy atom. The lowest BCUT2D eigenvalue weighted by Gasteiger charge is -2.09. The van der Waals surface area contributed by atoms with E-state index in [1.807, 2.05) is 43.3 Å². The van der Waals surface area contributed by atoms with Gasteiger partial charge in [-0.15, -0.1) is 0 Å². The van der Waals surface area contributed by atoms with Crippen LogP contribution in [0.15, 0.2) is 48.5 Å². The molecule has 0 aromatic heterocycles. The molecular formula is C15H14ClNO2. The third-order valence-electron chi connectivity index (χ3n) is 2.65. The summed E-state index contributed by atoms with van der Waals surface area (Å²) in [7, 11) is 0. The van der Waals surface area contributed by atoms with Gasteiger partial charge in [0.1, 0.15) is 6.61 Å². The van der Waals surface area contributed by atoms with Gasteiger partial charge in [-0.25, -0.2) is 4.79 Å². The van der Waals surface area contributed by atoms with Crippen LogP contribution in [0.5, 0.6) is 0 Å². The lowest BCUT2D eigenvalue weighted by molar-refractivity contribution is 0.155. The first-order chi connectivity index (χ1) is 9.15. The molecule has 0 saturated carbocycles. The van der Waals surface area contributed by atoms with Crippen molar-refractivity contribution < 1.29 is 9.53 Å². The van der Waals surface area contributed by atoms with E-state index in [-0.39, 0.29) is 6.61 Å². The zero-order valence-corrected chi connectivity index (χ0v) is 11.3. The second kappa shape index (κ2) is 6.25. The number of benzene rings is 2. The molecule has 0 heterocycles. The van der Waals surface area contributed by atoms with Crippen molar-refractivity contribution >= 4 is 23.4 Å². The number of carbonyl (C=O) groups is 1. The van der Waals surface area contributed by atoms with Gasteiger partial charge < -0.3 is 4.74 Å². The number of halogens is 1. The molecule has 4 heteroatoms. The summed E-state index contributed by atoms with van der Waals surface area (Å²) in [6.45, 7) is 2.13. The summed E-state index contributed by atoms with van der Waals surface area (Å²) in [6, 6.07) is 14.8. The van der Waals surface area contributed by atoms with E-state index in [0.29, 0.717) is 10.7 Å². The number of ether oxygens (including phenoxy) is 1. The maximum atomic E-state index is 11.7. The Hall–Kier alpha value is -2.00. The smallest absolute Gasteiger partial charge is 0.411 e. The van der Waals surface area contributed by atoms with Crippen molar-refractivity contribution in [3.63, 3.8) is 0 Å². The van der Waals surface area contributed by atoms with Crippen LogP contribution in [0.2, 0.25) is 5.02 Å². The molecule has 2 aromatic rings. The molecule has 1 N–H and O–H groups in total. The van der Waals surface area contributed by atoms with Crippen LogP contribution in [0.3, 0.4) is 0 Å². The standard InChI is InChI=1S/C15H14ClNO2/c1-11-7-8-13(16)9-14(11)17-15(18)19-10-12-5-3-2-4-6-12/h2-9H,10H2,1H3,(H,17,18). The van der Waals surface area contributed by atoms with Crippen LogP contribution in [0.25, 0.3) is 0 Å². The van der Waals surface area contributed by atoms with Crippen molar-refractivity contribution in [2.75, 3.05) is 5.32 Å². The topological polar surface area (TPSA) is 38.3 Å². The van der Waals surface area contributed by atoms with Crippen LogP contribution >= 0.6 is 11.6 Å². The molecule has 19 heavy (non-hydrogen) atoms. The first kappa shape index (κ1) is 13.4. The zero-order chi connectivity index (χ0) is 13.7. The van der Waals surface area contributed by atoms with Gasteiger partial charge in [-0.2, -0.15) is 0 Å². The number of carbonyl (C=O) groups excluding carboxylic acids is 1. The van der Waals surface area contributed by atoms with Crippen LogP contribution in [0.4, 0.5) is 10.5 Å². The van der Waals surface area contributed by atoms with Gasteiger partial charge in [0.25, 0.3) is 0 Å². The summed E-state index contributed by atoms with van der Waals surface area (Å²) in [6.07, 6.45) is -0.491. The van der Waals surface area contributed by atoms with Crippen molar-refractivity contribution in [3.8, 4) is 0 Å². The first-order valence-electron chi connectivity index (χ1n) is 5.89. The molecule has 0 saturated heterocycles. The summed E-state index contributed by atoms with van der Waals surface area (Å²) in [5, 5.41) is 3.25. The van der Waals surface area contributed by atoms with Crippen LogP contribution < -0.4 is 5.32 Å². The molecule has 0 fully saturated rings. The number of hydrogen-bond acceptors (Lipinski definition) is 2. The number of nitrogens with one attached hydrogen (secondary N) is 1. The van der Waals surface area contributed by atoms with E-state index in [0.717, 1.165) is 11.1 Å². The Morgan fingerprint density at radius 3 is 2.68 bits per heavy atom. The highest BCUT2D eigenvalue weighted by Gasteiger charge is 2.06. The second-order valence-corrected chi connectivity index (χ2v) is 4.58. The average Bonchev–Trinajstić information content (AvgIpc) is 2.42. The largest absolute Gasteiger partial charge is 0.444 e. The Kier molecular flexibility index (Phi) is 4.42. The molecule has 0 aliphatic rings. The molecule has 2 rings (SSSR count). The summed E-state index contributed by atoms with van der Waals surface area (Å²) in [5.74, 6) is 0. The fourth-order valence-electron chi connectivity index (χ4n) is 1.60. The predicted molar refractivity (Wildman–Crippen MR) is 76.4 cm³/mol. The minimum Gasteiger partial charge on any atom is -0.444 e. The monoisotopic (exact) mass is 275 g/mol. The summed E-state index contributed by atoms with van der Waals surface area (Å²) in [4.78, 5) is 11.7. The number of amides is 1. The lowest BCUT2D eigenvalue weighted by atomic mass is 10.2. The van der Waals surface area contributed by atoms with E-state index < -0.39 is 6.09 Å². The van der Waals surface area contributed by atoms with Gasteiger partial charge >= 0.3 is 6.09 Å². The molecule has 2 aromatic carbocycles. The molecular weight excluding hydrogens is 262 g/mol. The van der Waals surface area contributed by atoms with E-state index in [1.165, 1.54) is 0 Å². The maximum absolute atomic E-state index is 11.7. The molecule has 0 atom stereocenters. The van der Waals surface area contributed by atoms with Crippen LogP contribution in [0.1, 0.15) is 11.1 Å². The third kappa shape index (κ3) is 4.00. The molecule has 0 radical (unpaired) electrons. The van der Waals surface area contributed by atoms with Crippen LogP contribution in [-0.4, -0.2) is 6.09 Å². The SMILES string of the molecule is Cc1ccc(Cl)cc1NC(=O)OCc1ccccc1. The van der Waals surface area contributed by atoms with Gasteiger partial charge in [0, 0.05) is 10.7 Å². The highest BCUT2D eigenvalue weighted by atomic mass is 35.5. The summed E-state index contributed by atoms with van der Waals surface area (Å²) >= 11 is 5.88.